The maximum atomic E-state index is 5.55. The van der Waals surface area contributed by atoms with Crippen molar-refractivity contribution in [3.05, 3.63) is 24.0 Å². The summed E-state index contributed by atoms with van der Waals surface area (Å²) in [6.07, 6.45) is 1.68. The van der Waals surface area contributed by atoms with E-state index in [1.807, 2.05) is 19.1 Å². The monoisotopic (exact) mass is 207 g/mol. The van der Waals surface area contributed by atoms with E-state index >= 15 is 0 Å². The van der Waals surface area contributed by atoms with Crippen LogP contribution in [0.3, 0.4) is 0 Å². The number of pyridine rings is 1. The molecule has 1 rings (SSSR count). The molecule has 0 aliphatic carbocycles. The van der Waals surface area contributed by atoms with Crippen molar-refractivity contribution >= 4 is 24.0 Å². The van der Waals surface area contributed by atoms with Crippen LogP contribution in [0.4, 0.5) is 0 Å². The summed E-state index contributed by atoms with van der Waals surface area (Å²) < 4.78 is 5.20. The Morgan fingerprint density at radius 3 is 2.67 bits per heavy atom. The second-order valence-electron chi connectivity index (χ2n) is 2.05. The first kappa shape index (κ1) is 11.5. The molecule has 0 spiro atoms. The van der Waals surface area contributed by atoms with Crippen molar-refractivity contribution in [3.8, 4) is 5.75 Å². The van der Waals surface area contributed by atoms with E-state index in [1.54, 1.807) is 6.20 Å². The average molecular weight is 208 g/mol. The topological polar surface area (TPSA) is 22.1 Å². The molecular formula is C8H11Cl2NO. The Hall–Kier alpha value is -0.470. The van der Waals surface area contributed by atoms with Gasteiger partial charge in [0.05, 0.1) is 24.4 Å². The quantitative estimate of drug-likeness (QED) is 0.712. The lowest BCUT2D eigenvalue weighted by Gasteiger charge is -2.01. The largest absolute Gasteiger partial charge is 0.492 e. The van der Waals surface area contributed by atoms with E-state index in [1.165, 1.54) is 0 Å². The number of alkyl halides is 1. The number of hydrogen-bond donors (Lipinski definition) is 0. The summed E-state index contributed by atoms with van der Waals surface area (Å²) in [4.78, 5) is 4.06. The lowest BCUT2D eigenvalue weighted by atomic mass is 10.4. The lowest BCUT2D eigenvalue weighted by molar-refractivity contribution is 0.338. The molecule has 0 aliphatic heterocycles. The van der Waals surface area contributed by atoms with Gasteiger partial charge in [0.25, 0.3) is 0 Å². The summed E-state index contributed by atoms with van der Waals surface area (Å²) in [7, 11) is 0. The van der Waals surface area contributed by atoms with Gasteiger partial charge >= 0.3 is 0 Å². The van der Waals surface area contributed by atoms with E-state index < -0.39 is 0 Å². The number of hydrogen-bond acceptors (Lipinski definition) is 2. The van der Waals surface area contributed by atoms with E-state index in [0.717, 1.165) is 11.4 Å². The first-order valence-electron chi connectivity index (χ1n) is 3.50. The van der Waals surface area contributed by atoms with Gasteiger partial charge in [0, 0.05) is 0 Å². The van der Waals surface area contributed by atoms with Gasteiger partial charge in [0.1, 0.15) is 5.75 Å². The van der Waals surface area contributed by atoms with E-state index in [0.29, 0.717) is 12.5 Å². The Morgan fingerprint density at radius 1 is 1.50 bits per heavy atom. The Labute approximate surface area is 83.3 Å². The van der Waals surface area contributed by atoms with Crippen molar-refractivity contribution in [3.63, 3.8) is 0 Å². The van der Waals surface area contributed by atoms with Gasteiger partial charge in [0.15, 0.2) is 0 Å². The number of halogens is 2. The molecule has 0 atom stereocenters. The highest BCUT2D eigenvalue weighted by molar-refractivity contribution is 6.16. The first-order chi connectivity index (χ1) is 5.36. The van der Waals surface area contributed by atoms with E-state index in [-0.39, 0.29) is 12.4 Å². The van der Waals surface area contributed by atoms with Crippen LogP contribution in [0.1, 0.15) is 12.6 Å². The van der Waals surface area contributed by atoms with Crippen LogP contribution in [0.15, 0.2) is 18.3 Å². The SMILES string of the molecule is CCOc1ccc(CCl)nc1.Cl. The van der Waals surface area contributed by atoms with Crippen LogP contribution < -0.4 is 4.74 Å². The third kappa shape index (κ3) is 3.28. The summed E-state index contributed by atoms with van der Waals surface area (Å²) in [5.41, 5.74) is 0.870. The molecule has 68 valence electrons. The standard InChI is InChI=1S/C8H10ClNO.ClH/c1-2-11-8-4-3-7(5-9)10-6-8;/h3-4,6H,2,5H2,1H3;1H. The van der Waals surface area contributed by atoms with Crippen LogP contribution in [-0.4, -0.2) is 11.6 Å². The van der Waals surface area contributed by atoms with Gasteiger partial charge in [-0.05, 0) is 19.1 Å². The minimum atomic E-state index is 0. The lowest BCUT2D eigenvalue weighted by Crippen LogP contribution is -1.92. The van der Waals surface area contributed by atoms with Crippen LogP contribution in [0.5, 0.6) is 5.75 Å². The van der Waals surface area contributed by atoms with Crippen molar-refractivity contribution in [2.75, 3.05) is 6.61 Å². The van der Waals surface area contributed by atoms with Gasteiger partial charge in [-0.1, -0.05) is 0 Å². The van der Waals surface area contributed by atoms with Gasteiger partial charge in [-0.25, -0.2) is 0 Å². The minimum Gasteiger partial charge on any atom is -0.492 e. The fraction of sp³-hybridized carbons (Fsp3) is 0.375. The highest BCUT2D eigenvalue weighted by Crippen LogP contribution is 2.09. The van der Waals surface area contributed by atoms with Crippen molar-refractivity contribution < 1.29 is 4.74 Å². The number of rotatable bonds is 3. The van der Waals surface area contributed by atoms with Gasteiger partial charge in [-0.2, -0.15) is 0 Å². The van der Waals surface area contributed by atoms with Gasteiger partial charge in [-0.15, -0.1) is 24.0 Å². The fourth-order valence-electron chi connectivity index (χ4n) is 0.742. The van der Waals surface area contributed by atoms with Crippen molar-refractivity contribution in [2.24, 2.45) is 0 Å². The number of ether oxygens (including phenoxy) is 1. The molecule has 0 N–H and O–H groups in total. The van der Waals surface area contributed by atoms with Crippen LogP contribution in [0.25, 0.3) is 0 Å². The molecule has 1 aromatic heterocycles. The smallest absolute Gasteiger partial charge is 0.137 e. The number of nitrogens with zero attached hydrogens (tertiary/aromatic N) is 1. The zero-order valence-corrected chi connectivity index (χ0v) is 8.36. The second-order valence-corrected chi connectivity index (χ2v) is 2.32. The van der Waals surface area contributed by atoms with Gasteiger partial charge in [0.2, 0.25) is 0 Å². The predicted octanol–water partition coefficient (Wildman–Crippen LogP) is 2.64. The Balaban J connectivity index is 0.00000121. The van der Waals surface area contributed by atoms with Crippen LogP contribution in [-0.2, 0) is 5.88 Å². The molecule has 0 aliphatic rings. The molecule has 12 heavy (non-hydrogen) atoms. The Morgan fingerprint density at radius 2 is 2.25 bits per heavy atom. The maximum Gasteiger partial charge on any atom is 0.137 e. The van der Waals surface area contributed by atoms with Gasteiger partial charge < -0.3 is 4.74 Å². The molecule has 0 saturated heterocycles. The Bertz CT molecular complexity index is 213. The molecule has 0 saturated carbocycles. The highest BCUT2D eigenvalue weighted by Gasteiger charge is 1.93. The molecule has 0 fully saturated rings. The van der Waals surface area contributed by atoms with Crippen molar-refractivity contribution in [2.45, 2.75) is 12.8 Å². The molecular weight excluding hydrogens is 197 g/mol. The number of aromatic nitrogens is 1. The maximum absolute atomic E-state index is 5.55. The van der Waals surface area contributed by atoms with E-state index in [9.17, 15) is 0 Å². The summed E-state index contributed by atoms with van der Waals surface area (Å²) in [6.45, 7) is 2.61. The molecule has 1 heterocycles. The van der Waals surface area contributed by atoms with Crippen LogP contribution in [0, 0.1) is 0 Å². The summed E-state index contributed by atoms with van der Waals surface area (Å²) in [5, 5.41) is 0. The zero-order valence-electron chi connectivity index (χ0n) is 6.79. The molecule has 0 bridgehead atoms. The average Bonchev–Trinajstić information content (AvgIpc) is 2.07. The molecule has 1 aromatic rings. The van der Waals surface area contributed by atoms with E-state index in [4.69, 9.17) is 16.3 Å². The highest BCUT2D eigenvalue weighted by atomic mass is 35.5. The van der Waals surface area contributed by atoms with Crippen molar-refractivity contribution in [1.29, 1.82) is 0 Å². The minimum absolute atomic E-state index is 0. The van der Waals surface area contributed by atoms with Crippen molar-refractivity contribution in [1.82, 2.24) is 4.98 Å². The molecule has 0 amide bonds. The first-order valence-corrected chi connectivity index (χ1v) is 4.04. The van der Waals surface area contributed by atoms with E-state index in [2.05, 4.69) is 4.98 Å². The molecule has 4 heteroatoms. The normalized spacial score (nSPS) is 8.83. The fourth-order valence-corrected chi connectivity index (χ4v) is 0.900. The molecule has 0 aromatic carbocycles. The van der Waals surface area contributed by atoms with Gasteiger partial charge in [-0.3, -0.25) is 4.98 Å². The third-order valence-electron chi connectivity index (χ3n) is 1.25. The third-order valence-corrected chi connectivity index (χ3v) is 1.52. The van der Waals surface area contributed by atoms with Crippen LogP contribution >= 0.6 is 24.0 Å². The summed E-state index contributed by atoms with van der Waals surface area (Å²) in [6, 6.07) is 3.73. The molecule has 0 unspecified atom stereocenters. The second kappa shape index (κ2) is 6.09. The summed E-state index contributed by atoms with van der Waals surface area (Å²) >= 11 is 5.55. The molecule has 2 nitrogen and oxygen atoms in total. The zero-order chi connectivity index (χ0) is 8.10. The Kier molecular flexibility index (Phi) is 5.85. The predicted molar refractivity (Wildman–Crippen MR) is 52.2 cm³/mol. The van der Waals surface area contributed by atoms with Crippen LogP contribution in [0.2, 0.25) is 0 Å². The molecule has 0 radical (unpaired) electrons. The summed E-state index contributed by atoms with van der Waals surface area (Å²) in [5.74, 6) is 1.24.